The largest absolute Gasteiger partial charge is 0.291 e. The van der Waals surface area contributed by atoms with Crippen molar-refractivity contribution in [2.24, 2.45) is 0 Å². The SMILES string of the molecule is Cc1c(C(=O)CONC(=O)c2cccs2)cnn1-c1ccccc1. The highest BCUT2D eigenvalue weighted by molar-refractivity contribution is 7.12. The highest BCUT2D eigenvalue weighted by Crippen LogP contribution is 2.14. The summed E-state index contributed by atoms with van der Waals surface area (Å²) in [6, 6.07) is 13.0. The summed E-state index contributed by atoms with van der Waals surface area (Å²) in [6.45, 7) is 1.57. The highest BCUT2D eigenvalue weighted by Gasteiger charge is 2.16. The van der Waals surface area contributed by atoms with Crippen LogP contribution in [0.25, 0.3) is 5.69 Å². The quantitative estimate of drug-likeness (QED) is 0.553. The molecule has 24 heavy (non-hydrogen) atoms. The average Bonchev–Trinajstić information content (AvgIpc) is 3.25. The minimum atomic E-state index is -0.366. The van der Waals surface area contributed by atoms with Gasteiger partial charge in [-0.3, -0.25) is 14.4 Å². The zero-order valence-electron chi connectivity index (χ0n) is 12.9. The Morgan fingerprint density at radius 2 is 2.00 bits per heavy atom. The van der Waals surface area contributed by atoms with Crippen LogP contribution >= 0.6 is 11.3 Å². The second kappa shape index (κ2) is 7.20. The van der Waals surface area contributed by atoms with Gasteiger partial charge in [0.15, 0.2) is 5.78 Å². The number of carbonyl (C=O) groups excluding carboxylic acids is 2. The summed E-state index contributed by atoms with van der Waals surface area (Å²) in [6.07, 6.45) is 1.51. The number of thiophene rings is 1. The smallest absolute Gasteiger partial charge is 0.284 e. The van der Waals surface area contributed by atoms with Gasteiger partial charge in [-0.1, -0.05) is 24.3 Å². The summed E-state index contributed by atoms with van der Waals surface area (Å²) in [7, 11) is 0. The fraction of sp³-hybridized carbons (Fsp3) is 0.118. The van der Waals surface area contributed by atoms with E-state index in [1.807, 2.05) is 37.3 Å². The number of hydroxylamine groups is 1. The van der Waals surface area contributed by atoms with Gasteiger partial charge in [-0.15, -0.1) is 11.3 Å². The third-order valence-electron chi connectivity index (χ3n) is 3.42. The number of carbonyl (C=O) groups is 2. The van der Waals surface area contributed by atoms with Crippen molar-refractivity contribution < 1.29 is 14.4 Å². The molecule has 0 aliphatic heterocycles. The van der Waals surface area contributed by atoms with E-state index in [1.165, 1.54) is 17.5 Å². The average molecular weight is 341 g/mol. The summed E-state index contributed by atoms with van der Waals surface area (Å²) >= 11 is 1.30. The van der Waals surface area contributed by atoms with Gasteiger partial charge in [0.05, 0.1) is 28.0 Å². The number of ketones is 1. The molecule has 0 aliphatic carbocycles. The number of hydrogen-bond donors (Lipinski definition) is 1. The van der Waals surface area contributed by atoms with Crippen LogP contribution in [0, 0.1) is 6.92 Å². The number of benzene rings is 1. The van der Waals surface area contributed by atoms with Crippen molar-refractivity contribution in [2.75, 3.05) is 6.61 Å². The third kappa shape index (κ3) is 3.42. The molecule has 1 amide bonds. The molecule has 7 heteroatoms. The Bertz CT molecular complexity index is 841. The lowest BCUT2D eigenvalue weighted by atomic mass is 10.2. The van der Waals surface area contributed by atoms with Gasteiger partial charge in [0.2, 0.25) is 0 Å². The van der Waals surface area contributed by atoms with Gasteiger partial charge in [0.1, 0.15) is 6.61 Å². The molecule has 1 aromatic carbocycles. The van der Waals surface area contributed by atoms with Gasteiger partial charge in [0.25, 0.3) is 5.91 Å². The Labute approximate surface area is 142 Å². The minimum absolute atomic E-state index is 0.249. The lowest BCUT2D eigenvalue weighted by Gasteiger charge is -2.06. The van der Waals surface area contributed by atoms with Crippen LogP contribution in [0.1, 0.15) is 25.7 Å². The number of nitrogens with one attached hydrogen (secondary N) is 1. The van der Waals surface area contributed by atoms with E-state index >= 15 is 0 Å². The number of rotatable bonds is 6. The standard InChI is InChI=1S/C17H15N3O3S/c1-12-14(10-18-20(12)13-6-3-2-4-7-13)15(21)11-23-19-17(22)16-8-5-9-24-16/h2-10H,11H2,1H3,(H,19,22). The molecule has 6 nitrogen and oxygen atoms in total. The summed E-state index contributed by atoms with van der Waals surface area (Å²) in [5.41, 5.74) is 4.33. The summed E-state index contributed by atoms with van der Waals surface area (Å²) < 4.78 is 1.69. The number of aromatic nitrogens is 2. The van der Waals surface area contributed by atoms with E-state index in [2.05, 4.69) is 10.6 Å². The van der Waals surface area contributed by atoms with E-state index in [0.29, 0.717) is 10.4 Å². The van der Waals surface area contributed by atoms with E-state index in [0.717, 1.165) is 11.4 Å². The van der Waals surface area contributed by atoms with E-state index in [1.54, 1.807) is 22.2 Å². The zero-order chi connectivity index (χ0) is 16.9. The number of para-hydroxylation sites is 1. The number of amides is 1. The lowest BCUT2D eigenvalue weighted by Crippen LogP contribution is -2.26. The van der Waals surface area contributed by atoms with Gasteiger partial charge in [-0.05, 0) is 30.5 Å². The Balaban J connectivity index is 1.62. The van der Waals surface area contributed by atoms with Crippen LogP contribution in [0.5, 0.6) is 0 Å². The fourth-order valence-corrected chi connectivity index (χ4v) is 2.83. The van der Waals surface area contributed by atoms with Crippen molar-refractivity contribution in [3.63, 3.8) is 0 Å². The summed E-state index contributed by atoms with van der Waals surface area (Å²) in [4.78, 5) is 29.5. The maximum Gasteiger partial charge on any atom is 0.284 e. The predicted molar refractivity (Wildman–Crippen MR) is 90.4 cm³/mol. The molecular weight excluding hydrogens is 326 g/mol. The molecule has 2 aromatic heterocycles. The first-order chi connectivity index (χ1) is 11.7. The van der Waals surface area contributed by atoms with Gasteiger partial charge < -0.3 is 0 Å². The molecule has 122 valence electrons. The van der Waals surface area contributed by atoms with Gasteiger partial charge >= 0.3 is 0 Å². The summed E-state index contributed by atoms with van der Waals surface area (Å²) in [5, 5.41) is 6.04. The number of hydrogen-bond acceptors (Lipinski definition) is 5. The Morgan fingerprint density at radius 3 is 2.71 bits per heavy atom. The molecule has 0 spiro atoms. The summed E-state index contributed by atoms with van der Waals surface area (Å²) in [5.74, 6) is -0.615. The maximum atomic E-state index is 12.3. The monoisotopic (exact) mass is 341 g/mol. The molecule has 0 fully saturated rings. The molecule has 0 atom stereocenters. The topological polar surface area (TPSA) is 73.2 Å². The lowest BCUT2D eigenvalue weighted by molar-refractivity contribution is 0.0315. The Morgan fingerprint density at radius 1 is 1.21 bits per heavy atom. The van der Waals surface area contributed by atoms with Gasteiger partial charge in [-0.25, -0.2) is 10.2 Å². The Kier molecular flexibility index (Phi) is 4.83. The van der Waals surface area contributed by atoms with Crippen molar-refractivity contribution in [3.05, 3.63) is 70.2 Å². The number of Topliss-reactive ketones (excluding diaryl/α,β-unsaturated/α-hetero) is 1. The first-order valence-electron chi connectivity index (χ1n) is 7.25. The number of nitrogens with zero attached hydrogens (tertiary/aromatic N) is 2. The van der Waals surface area contributed by atoms with Crippen LogP contribution < -0.4 is 5.48 Å². The van der Waals surface area contributed by atoms with Crippen LogP contribution in [0.15, 0.2) is 54.0 Å². The van der Waals surface area contributed by atoms with Crippen LogP contribution in [0.3, 0.4) is 0 Å². The fourth-order valence-electron chi connectivity index (χ4n) is 2.22. The van der Waals surface area contributed by atoms with Gasteiger partial charge in [-0.2, -0.15) is 5.10 Å². The first-order valence-corrected chi connectivity index (χ1v) is 8.13. The molecule has 0 saturated carbocycles. The van der Waals surface area contributed by atoms with Crippen molar-refractivity contribution in [2.45, 2.75) is 6.92 Å². The van der Waals surface area contributed by atoms with E-state index < -0.39 is 0 Å². The van der Waals surface area contributed by atoms with Gasteiger partial charge in [0, 0.05) is 0 Å². The van der Waals surface area contributed by atoms with Crippen LogP contribution in [0.2, 0.25) is 0 Å². The molecule has 0 radical (unpaired) electrons. The molecule has 1 N–H and O–H groups in total. The van der Waals surface area contributed by atoms with Crippen LogP contribution in [0.4, 0.5) is 0 Å². The molecular formula is C17H15N3O3S. The van der Waals surface area contributed by atoms with Crippen molar-refractivity contribution in [1.82, 2.24) is 15.3 Å². The molecule has 3 aromatic rings. The third-order valence-corrected chi connectivity index (χ3v) is 4.29. The van der Waals surface area contributed by atoms with Crippen LogP contribution in [-0.4, -0.2) is 28.1 Å². The zero-order valence-corrected chi connectivity index (χ0v) is 13.7. The highest BCUT2D eigenvalue weighted by atomic mass is 32.1. The van der Waals surface area contributed by atoms with Crippen molar-refractivity contribution >= 4 is 23.0 Å². The van der Waals surface area contributed by atoms with E-state index in [9.17, 15) is 9.59 Å². The van der Waals surface area contributed by atoms with Crippen molar-refractivity contribution in [1.29, 1.82) is 0 Å². The Hall–Kier alpha value is -2.77. The molecule has 2 heterocycles. The first kappa shape index (κ1) is 16.1. The van der Waals surface area contributed by atoms with Crippen LogP contribution in [-0.2, 0) is 4.84 Å². The molecule has 0 unspecified atom stereocenters. The predicted octanol–water partition coefficient (Wildman–Crippen LogP) is 2.79. The molecule has 0 aliphatic rings. The van der Waals surface area contributed by atoms with Crippen molar-refractivity contribution in [3.8, 4) is 5.69 Å². The molecule has 0 bridgehead atoms. The van der Waals surface area contributed by atoms with E-state index in [4.69, 9.17) is 4.84 Å². The second-order valence-electron chi connectivity index (χ2n) is 5.01. The minimum Gasteiger partial charge on any atom is -0.291 e. The normalized spacial score (nSPS) is 10.5. The van der Waals surface area contributed by atoms with E-state index in [-0.39, 0.29) is 18.3 Å². The second-order valence-corrected chi connectivity index (χ2v) is 5.96. The molecule has 3 rings (SSSR count). The maximum absolute atomic E-state index is 12.3. The molecule has 0 saturated heterocycles.